The highest BCUT2D eigenvalue weighted by atomic mass is 35.5. The van der Waals surface area contributed by atoms with Crippen molar-refractivity contribution in [3.63, 3.8) is 0 Å². The smallest absolute Gasteiger partial charge is 0.159 e. The lowest BCUT2D eigenvalue weighted by Crippen LogP contribution is -1.94. The summed E-state index contributed by atoms with van der Waals surface area (Å²) in [4.78, 5) is 11.5. The molecule has 0 aromatic heterocycles. The molecule has 98 valence electrons. The highest BCUT2D eigenvalue weighted by molar-refractivity contribution is 6.31. The first-order valence-electron chi connectivity index (χ1n) is 5.98. The Morgan fingerprint density at radius 1 is 1.21 bits per heavy atom. The van der Waals surface area contributed by atoms with E-state index in [1.165, 1.54) is 0 Å². The van der Waals surface area contributed by atoms with Crippen LogP contribution in [0.5, 0.6) is 5.75 Å². The van der Waals surface area contributed by atoms with Gasteiger partial charge in [-0.2, -0.15) is 0 Å². The zero-order valence-electron chi connectivity index (χ0n) is 11.2. The highest BCUT2D eigenvalue weighted by Crippen LogP contribution is 2.34. The van der Waals surface area contributed by atoms with Crippen molar-refractivity contribution < 1.29 is 9.53 Å². The first-order valence-corrected chi connectivity index (χ1v) is 6.36. The number of Topliss-reactive ketones (excluding diaryl/α,β-unsaturated/α-hetero) is 1. The molecular formula is C16H15ClO2. The van der Waals surface area contributed by atoms with Gasteiger partial charge in [0.1, 0.15) is 5.75 Å². The summed E-state index contributed by atoms with van der Waals surface area (Å²) in [5.41, 5.74) is 3.55. The Morgan fingerprint density at radius 3 is 2.58 bits per heavy atom. The molecule has 0 unspecified atom stereocenters. The summed E-state index contributed by atoms with van der Waals surface area (Å²) in [6.07, 6.45) is 0. The van der Waals surface area contributed by atoms with E-state index in [1.807, 2.05) is 31.2 Å². The lowest BCUT2D eigenvalue weighted by Gasteiger charge is -2.12. The SMILES string of the molecule is COc1cc(Cl)c(C)cc1-c1cccc(C(C)=O)c1. The van der Waals surface area contributed by atoms with Gasteiger partial charge in [-0.1, -0.05) is 29.8 Å². The molecule has 0 amide bonds. The fourth-order valence-electron chi connectivity index (χ4n) is 1.96. The third-order valence-electron chi connectivity index (χ3n) is 3.06. The Labute approximate surface area is 118 Å². The molecule has 3 heteroatoms. The van der Waals surface area contributed by atoms with Crippen LogP contribution in [0.1, 0.15) is 22.8 Å². The maximum Gasteiger partial charge on any atom is 0.159 e. The van der Waals surface area contributed by atoms with E-state index >= 15 is 0 Å². The number of ether oxygens (including phenoxy) is 1. The number of benzene rings is 2. The van der Waals surface area contributed by atoms with Gasteiger partial charge in [0.15, 0.2) is 5.78 Å². The topological polar surface area (TPSA) is 26.3 Å². The van der Waals surface area contributed by atoms with Gasteiger partial charge in [-0.25, -0.2) is 0 Å². The molecule has 0 aliphatic heterocycles. The van der Waals surface area contributed by atoms with Crippen LogP contribution in [0.2, 0.25) is 5.02 Å². The van der Waals surface area contributed by atoms with E-state index in [2.05, 4.69) is 0 Å². The van der Waals surface area contributed by atoms with Crippen molar-refractivity contribution in [3.05, 3.63) is 52.5 Å². The summed E-state index contributed by atoms with van der Waals surface area (Å²) in [5.74, 6) is 0.753. The highest BCUT2D eigenvalue weighted by Gasteiger charge is 2.10. The summed E-state index contributed by atoms with van der Waals surface area (Å²) in [6, 6.07) is 11.3. The average molecular weight is 275 g/mol. The number of hydrogen-bond acceptors (Lipinski definition) is 2. The number of halogens is 1. The first-order chi connectivity index (χ1) is 9.02. The van der Waals surface area contributed by atoms with Crippen molar-refractivity contribution in [2.24, 2.45) is 0 Å². The van der Waals surface area contributed by atoms with Gasteiger partial charge in [0, 0.05) is 16.1 Å². The Kier molecular flexibility index (Phi) is 3.91. The van der Waals surface area contributed by atoms with Crippen LogP contribution in [0.3, 0.4) is 0 Å². The molecule has 2 aromatic rings. The second kappa shape index (κ2) is 5.45. The fraction of sp³-hybridized carbons (Fsp3) is 0.188. The number of carbonyl (C=O) groups is 1. The number of ketones is 1. The Balaban J connectivity index is 2.61. The van der Waals surface area contributed by atoms with E-state index in [4.69, 9.17) is 16.3 Å². The lowest BCUT2D eigenvalue weighted by molar-refractivity contribution is 0.101. The normalized spacial score (nSPS) is 10.3. The molecule has 0 aliphatic rings. The van der Waals surface area contributed by atoms with Gasteiger partial charge in [0.05, 0.1) is 7.11 Å². The molecule has 2 rings (SSSR count). The van der Waals surface area contributed by atoms with E-state index < -0.39 is 0 Å². The molecule has 0 spiro atoms. The molecule has 0 fully saturated rings. The molecule has 2 aromatic carbocycles. The maximum atomic E-state index is 11.5. The van der Waals surface area contributed by atoms with Crippen LogP contribution in [0.15, 0.2) is 36.4 Å². The summed E-state index contributed by atoms with van der Waals surface area (Å²) in [7, 11) is 1.61. The van der Waals surface area contributed by atoms with E-state index in [-0.39, 0.29) is 5.78 Å². The molecule has 0 aliphatic carbocycles. The van der Waals surface area contributed by atoms with Crippen LogP contribution < -0.4 is 4.74 Å². The van der Waals surface area contributed by atoms with Crippen LogP contribution in [0, 0.1) is 6.92 Å². The van der Waals surface area contributed by atoms with Crippen molar-refractivity contribution >= 4 is 17.4 Å². The third kappa shape index (κ3) is 2.79. The van der Waals surface area contributed by atoms with Crippen molar-refractivity contribution in [1.29, 1.82) is 0 Å². The van der Waals surface area contributed by atoms with Crippen LogP contribution in [0.4, 0.5) is 0 Å². The summed E-state index contributed by atoms with van der Waals surface area (Å²) < 4.78 is 5.37. The van der Waals surface area contributed by atoms with Gasteiger partial charge < -0.3 is 4.74 Å². The summed E-state index contributed by atoms with van der Waals surface area (Å²) in [5, 5.41) is 0.670. The Hall–Kier alpha value is -1.80. The molecule has 0 heterocycles. The van der Waals surface area contributed by atoms with E-state index in [9.17, 15) is 4.79 Å². The molecule has 0 atom stereocenters. The zero-order valence-corrected chi connectivity index (χ0v) is 11.9. The van der Waals surface area contributed by atoms with Crippen molar-refractivity contribution in [2.75, 3.05) is 7.11 Å². The minimum atomic E-state index is 0.0477. The molecule has 0 radical (unpaired) electrons. The van der Waals surface area contributed by atoms with Gasteiger partial charge in [-0.05, 0) is 43.2 Å². The van der Waals surface area contributed by atoms with Gasteiger partial charge in [0.2, 0.25) is 0 Å². The Bertz CT molecular complexity index is 633. The second-order valence-electron chi connectivity index (χ2n) is 4.44. The number of hydrogen-bond donors (Lipinski definition) is 0. The quantitative estimate of drug-likeness (QED) is 0.769. The van der Waals surface area contributed by atoms with Crippen LogP contribution >= 0.6 is 11.6 Å². The van der Waals surface area contributed by atoms with E-state index in [0.717, 1.165) is 16.7 Å². The molecule has 0 N–H and O–H groups in total. The van der Waals surface area contributed by atoms with Crippen LogP contribution in [0.25, 0.3) is 11.1 Å². The van der Waals surface area contributed by atoms with E-state index in [1.54, 1.807) is 26.2 Å². The number of methoxy groups -OCH3 is 1. The zero-order chi connectivity index (χ0) is 14.0. The fourth-order valence-corrected chi connectivity index (χ4v) is 2.12. The van der Waals surface area contributed by atoms with Crippen molar-refractivity contribution in [3.8, 4) is 16.9 Å². The summed E-state index contributed by atoms with van der Waals surface area (Å²) >= 11 is 6.10. The molecule has 0 bridgehead atoms. The van der Waals surface area contributed by atoms with E-state index in [0.29, 0.717) is 16.3 Å². The average Bonchev–Trinajstić information content (AvgIpc) is 2.41. The van der Waals surface area contributed by atoms with Crippen molar-refractivity contribution in [1.82, 2.24) is 0 Å². The molecule has 0 saturated carbocycles. The third-order valence-corrected chi connectivity index (χ3v) is 3.47. The van der Waals surface area contributed by atoms with Gasteiger partial charge >= 0.3 is 0 Å². The summed E-state index contributed by atoms with van der Waals surface area (Å²) in [6.45, 7) is 3.50. The van der Waals surface area contributed by atoms with Gasteiger partial charge in [-0.3, -0.25) is 4.79 Å². The predicted octanol–water partition coefficient (Wildman–Crippen LogP) is 4.53. The number of aryl methyl sites for hydroxylation is 1. The first kappa shape index (κ1) is 13.6. The number of carbonyl (C=O) groups excluding carboxylic acids is 1. The van der Waals surface area contributed by atoms with Crippen LogP contribution in [-0.2, 0) is 0 Å². The maximum absolute atomic E-state index is 11.5. The van der Waals surface area contributed by atoms with Crippen LogP contribution in [-0.4, -0.2) is 12.9 Å². The number of rotatable bonds is 3. The molecule has 19 heavy (non-hydrogen) atoms. The largest absolute Gasteiger partial charge is 0.496 e. The molecule has 0 saturated heterocycles. The van der Waals surface area contributed by atoms with Gasteiger partial charge in [0.25, 0.3) is 0 Å². The minimum Gasteiger partial charge on any atom is -0.496 e. The van der Waals surface area contributed by atoms with Crippen molar-refractivity contribution in [2.45, 2.75) is 13.8 Å². The molecular weight excluding hydrogens is 260 g/mol. The standard InChI is InChI=1S/C16H15ClO2/c1-10-7-14(16(19-3)9-15(10)17)13-6-4-5-12(8-13)11(2)18/h4-9H,1-3H3. The predicted molar refractivity (Wildman–Crippen MR) is 78.2 cm³/mol. The Morgan fingerprint density at radius 2 is 1.95 bits per heavy atom. The molecule has 2 nitrogen and oxygen atoms in total. The minimum absolute atomic E-state index is 0.0477. The monoisotopic (exact) mass is 274 g/mol. The van der Waals surface area contributed by atoms with Gasteiger partial charge in [-0.15, -0.1) is 0 Å². The lowest BCUT2D eigenvalue weighted by atomic mass is 9.99. The second-order valence-corrected chi connectivity index (χ2v) is 4.85.